The Labute approximate surface area is 120 Å². The van der Waals surface area contributed by atoms with Crippen molar-refractivity contribution in [3.63, 3.8) is 0 Å². The summed E-state index contributed by atoms with van der Waals surface area (Å²) >= 11 is 0. The molecule has 1 rings (SSSR count). The van der Waals surface area contributed by atoms with Crippen LogP contribution in [0.25, 0.3) is 0 Å². The topological polar surface area (TPSA) is 118 Å². The Hall–Kier alpha value is -1.18. The van der Waals surface area contributed by atoms with E-state index in [1.54, 1.807) is 0 Å². The molecule has 0 aliphatic carbocycles. The molecule has 0 aliphatic heterocycles. The standard InChI is InChI=1S/C9H6O6.2Li/c10-7(11)4-1-2-5(8(12)13)6(3-4)9(14)15;;/h1-3H,(H,10,11)(H,12,13)(H,14,15);;/q;2*+1/p-2. The Morgan fingerprint density at radius 2 is 1.47 bits per heavy atom. The van der Waals surface area contributed by atoms with Crippen molar-refractivity contribution in [2.45, 2.75) is 0 Å². The van der Waals surface area contributed by atoms with Gasteiger partial charge in [-0.25, -0.2) is 4.79 Å². The zero-order valence-corrected chi connectivity index (χ0v) is 9.22. The van der Waals surface area contributed by atoms with Crippen molar-refractivity contribution in [3.8, 4) is 0 Å². The van der Waals surface area contributed by atoms with Crippen molar-refractivity contribution in [1.29, 1.82) is 0 Å². The summed E-state index contributed by atoms with van der Waals surface area (Å²) in [6.45, 7) is 0. The molecule has 0 saturated heterocycles. The summed E-state index contributed by atoms with van der Waals surface area (Å²) in [4.78, 5) is 31.5. The quantitative estimate of drug-likeness (QED) is 0.507. The van der Waals surface area contributed by atoms with Crippen LogP contribution in [0.1, 0.15) is 31.1 Å². The Morgan fingerprint density at radius 3 is 1.82 bits per heavy atom. The average molecular weight is 222 g/mol. The molecule has 1 aromatic rings. The molecule has 0 radical (unpaired) electrons. The van der Waals surface area contributed by atoms with Gasteiger partial charge in [0.1, 0.15) is 0 Å². The van der Waals surface area contributed by atoms with Crippen LogP contribution in [0.15, 0.2) is 18.2 Å². The molecule has 0 spiro atoms. The van der Waals surface area contributed by atoms with Crippen LogP contribution in [0.4, 0.5) is 0 Å². The average Bonchev–Trinajstić information content (AvgIpc) is 2.16. The van der Waals surface area contributed by atoms with Crippen LogP contribution in [0.5, 0.6) is 0 Å². The molecule has 6 nitrogen and oxygen atoms in total. The minimum absolute atomic E-state index is 0. The predicted molar refractivity (Wildman–Crippen MR) is 42.1 cm³/mol. The fourth-order valence-electron chi connectivity index (χ4n) is 1.03. The third kappa shape index (κ3) is 4.30. The van der Waals surface area contributed by atoms with E-state index in [4.69, 9.17) is 5.11 Å². The molecule has 0 aromatic heterocycles. The van der Waals surface area contributed by atoms with Crippen LogP contribution in [-0.2, 0) is 0 Å². The van der Waals surface area contributed by atoms with E-state index in [1.807, 2.05) is 0 Å². The second-order valence-electron chi connectivity index (χ2n) is 2.64. The third-order valence-electron chi connectivity index (χ3n) is 1.71. The van der Waals surface area contributed by atoms with Gasteiger partial charge < -0.3 is 24.9 Å². The van der Waals surface area contributed by atoms with E-state index in [0.717, 1.165) is 12.1 Å². The molecule has 17 heavy (non-hydrogen) atoms. The molecule has 0 atom stereocenters. The van der Waals surface area contributed by atoms with Crippen LogP contribution in [-0.4, -0.2) is 23.0 Å². The van der Waals surface area contributed by atoms with Crippen molar-refractivity contribution < 1.29 is 67.4 Å². The Bertz CT molecular complexity index is 457. The Kier molecular flexibility index (Phi) is 7.72. The van der Waals surface area contributed by atoms with E-state index >= 15 is 0 Å². The van der Waals surface area contributed by atoms with Crippen LogP contribution in [0, 0.1) is 0 Å². The summed E-state index contributed by atoms with van der Waals surface area (Å²) in [7, 11) is 0. The van der Waals surface area contributed by atoms with Gasteiger partial charge in [-0.05, 0) is 17.7 Å². The number of carboxylic acid groups (broad SMARTS) is 3. The molecular weight excluding hydrogens is 218 g/mol. The smallest absolute Gasteiger partial charge is 0.545 e. The SMILES string of the molecule is O=C([O-])c1ccc(C(=O)O)c(C(=O)[O-])c1.[Li+].[Li+]. The maximum absolute atomic E-state index is 10.6. The third-order valence-corrected chi connectivity index (χ3v) is 1.71. The number of hydrogen-bond acceptors (Lipinski definition) is 5. The molecule has 0 saturated carbocycles. The second-order valence-corrected chi connectivity index (χ2v) is 2.64. The van der Waals surface area contributed by atoms with Crippen molar-refractivity contribution in [2.75, 3.05) is 0 Å². The molecule has 0 unspecified atom stereocenters. The largest absolute Gasteiger partial charge is 1.00 e. The number of aromatic carboxylic acids is 3. The zero-order chi connectivity index (χ0) is 11.6. The molecule has 0 fully saturated rings. The fraction of sp³-hybridized carbons (Fsp3) is 0. The maximum atomic E-state index is 10.6. The van der Waals surface area contributed by atoms with Gasteiger partial charge in [0.25, 0.3) is 0 Å². The summed E-state index contributed by atoms with van der Waals surface area (Å²) in [5, 5.41) is 29.5. The maximum Gasteiger partial charge on any atom is 1.00 e. The number of carboxylic acids is 3. The second kappa shape index (κ2) is 7.21. The van der Waals surface area contributed by atoms with Gasteiger partial charge in [0.05, 0.1) is 17.5 Å². The van der Waals surface area contributed by atoms with E-state index in [2.05, 4.69) is 0 Å². The minimum atomic E-state index is -1.75. The molecule has 0 amide bonds. The fourth-order valence-corrected chi connectivity index (χ4v) is 1.03. The molecule has 1 aromatic carbocycles. The van der Waals surface area contributed by atoms with Crippen molar-refractivity contribution >= 4 is 17.9 Å². The zero-order valence-electron chi connectivity index (χ0n) is 9.22. The monoisotopic (exact) mass is 222 g/mol. The van der Waals surface area contributed by atoms with Gasteiger partial charge in [0.2, 0.25) is 0 Å². The number of rotatable bonds is 3. The first-order valence-electron chi connectivity index (χ1n) is 3.73. The van der Waals surface area contributed by atoms with Crippen molar-refractivity contribution in [1.82, 2.24) is 0 Å². The number of carbonyl (C=O) groups is 3. The van der Waals surface area contributed by atoms with E-state index < -0.39 is 34.6 Å². The van der Waals surface area contributed by atoms with Gasteiger partial charge in [0, 0.05) is 5.56 Å². The first kappa shape index (κ1) is 18.2. The van der Waals surface area contributed by atoms with E-state index in [9.17, 15) is 24.6 Å². The van der Waals surface area contributed by atoms with Crippen LogP contribution in [0.2, 0.25) is 0 Å². The van der Waals surface area contributed by atoms with Crippen LogP contribution in [0.3, 0.4) is 0 Å². The van der Waals surface area contributed by atoms with Gasteiger partial charge in [0.15, 0.2) is 0 Å². The van der Waals surface area contributed by atoms with Crippen molar-refractivity contribution in [2.24, 2.45) is 0 Å². The number of carbonyl (C=O) groups excluding carboxylic acids is 2. The minimum Gasteiger partial charge on any atom is -0.545 e. The summed E-state index contributed by atoms with van der Waals surface area (Å²) in [6, 6.07) is 2.51. The van der Waals surface area contributed by atoms with E-state index in [1.165, 1.54) is 0 Å². The van der Waals surface area contributed by atoms with E-state index in [0.29, 0.717) is 6.07 Å². The summed E-state index contributed by atoms with van der Waals surface area (Å²) < 4.78 is 0. The molecule has 8 heteroatoms. The van der Waals surface area contributed by atoms with Crippen molar-refractivity contribution in [3.05, 3.63) is 34.9 Å². The van der Waals surface area contributed by atoms with E-state index in [-0.39, 0.29) is 37.7 Å². The number of benzene rings is 1. The van der Waals surface area contributed by atoms with Crippen LogP contribution < -0.4 is 47.9 Å². The molecule has 78 valence electrons. The predicted octanol–water partition coefficient (Wildman–Crippen LogP) is -7.88. The Balaban J connectivity index is 0. The molecule has 0 bridgehead atoms. The van der Waals surface area contributed by atoms with Gasteiger partial charge in [-0.1, -0.05) is 6.07 Å². The van der Waals surface area contributed by atoms with Gasteiger partial charge in [-0.15, -0.1) is 0 Å². The molecular formula is C9H4Li2O6. The van der Waals surface area contributed by atoms with Gasteiger partial charge in [-0.3, -0.25) is 0 Å². The summed E-state index contributed by atoms with van der Waals surface area (Å²) in [6.07, 6.45) is 0. The van der Waals surface area contributed by atoms with Gasteiger partial charge >= 0.3 is 43.7 Å². The summed E-state index contributed by atoms with van der Waals surface area (Å²) in [5.41, 5.74) is -1.64. The molecule has 0 heterocycles. The normalized spacial score (nSPS) is 8.47. The van der Waals surface area contributed by atoms with Crippen LogP contribution >= 0.6 is 0 Å². The molecule has 1 N–H and O–H groups in total. The van der Waals surface area contributed by atoms with Gasteiger partial charge in [-0.2, -0.15) is 0 Å². The number of hydrogen-bond donors (Lipinski definition) is 1. The first-order chi connectivity index (χ1) is 6.93. The Morgan fingerprint density at radius 1 is 0.941 bits per heavy atom. The molecule has 0 aliphatic rings. The first-order valence-corrected chi connectivity index (χ1v) is 3.73. The summed E-state index contributed by atoms with van der Waals surface area (Å²) in [5.74, 6) is -4.82.